The first-order valence-corrected chi connectivity index (χ1v) is 5.49. The van der Waals surface area contributed by atoms with Crippen molar-refractivity contribution in [3.8, 4) is 0 Å². The second-order valence-electron chi connectivity index (χ2n) is 3.98. The minimum Gasteiger partial charge on any atom is -0.357 e. The lowest BCUT2D eigenvalue weighted by Gasteiger charge is -2.18. The molecule has 2 amide bonds. The van der Waals surface area contributed by atoms with Crippen molar-refractivity contribution in [2.45, 2.75) is 13.0 Å². The van der Waals surface area contributed by atoms with Crippen LogP contribution in [0.4, 0.5) is 5.82 Å². The predicted molar refractivity (Wildman–Crippen MR) is 67.2 cm³/mol. The molecule has 0 unspecified atom stereocenters. The molecule has 0 saturated heterocycles. The van der Waals surface area contributed by atoms with Gasteiger partial charge >= 0.3 is 0 Å². The second-order valence-corrected chi connectivity index (χ2v) is 3.98. The molecule has 1 heterocycles. The maximum Gasteiger partial charge on any atom is 0.271 e. The number of hydrogen-bond acceptors (Lipinski definition) is 5. The summed E-state index contributed by atoms with van der Waals surface area (Å²) in [7, 11) is 4.88. The van der Waals surface area contributed by atoms with E-state index in [9.17, 15) is 9.59 Å². The third kappa shape index (κ3) is 3.41. The summed E-state index contributed by atoms with van der Waals surface area (Å²) in [6.45, 7) is 1.73. The molecule has 0 saturated carbocycles. The smallest absolute Gasteiger partial charge is 0.271 e. The molecule has 18 heavy (non-hydrogen) atoms. The lowest BCUT2D eigenvalue weighted by molar-refractivity contribution is -0.129. The van der Waals surface area contributed by atoms with Gasteiger partial charge in [-0.2, -0.15) is 0 Å². The normalized spacial score (nSPS) is 11.6. The van der Waals surface area contributed by atoms with E-state index in [2.05, 4.69) is 20.8 Å². The molecule has 98 valence electrons. The standard InChI is InChI=1S/C11H17N5O2/c1-7(11(18)16(3)4)13-9-6-5-8(14-15-9)10(17)12-2/h5-7H,1-4H3,(H,12,17)(H,13,15)/t7-/m0/s1. The molecule has 1 aromatic rings. The molecule has 7 nitrogen and oxygen atoms in total. The van der Waals surface area contributed by atoms with Gasteiger partial charge in [-0.05, 0) is 19.1 Å². The van der Waals surface area contributed by atoms with Crippen molar-refractivity contribution in [1.29, 1.82) is 0 Å². The molecule has 0 fully saturated rings. The Morgan fingerprint density at radius 3 is 2.39 bits per heavy atom. The van der Waals surface area contributed by atoms with Crippen LogP contribution in [0.5, 0.6) is 0 Å². The molecular formula is C11H17N5O2. The highest BCUT2D eigenvalue weighted by Crippen LogP contribution is 2.05. The number of amides is 2. The van der Waals surface area contributed by atoms with Gasteiger partial charge in [0.2, 0.25) is 5.91 Å². The maximum absolute atomic E-state index is 11.6. The SMILES string of the molecule is CNC(=O)c1ccc(N[C@@H](C)C(=O)N(C)C)nn1. The van der Waals surface area contributed by atoms with Crippen LogP contribution in [-0.4, -0.2) is 54.1 Å². The molecule has 0 bridgehead atoms. The fourth-order valence-electron chi connectivity index (χ4n) is 1.33. The molecule has 0 aliphatic rings. The highest BCUT2D eigenvalue weighted by atomic mass is 16.2. The summed E-state index contributed by atoms with van der Waals surface area (Å²) in [5, 5.41) is 13.0. The molecule has 0 aromatic carbocycles. The number of aromatic nitrogens is 2. The number of likely N-dealkylation sites (N-methyl/N-ethyl adjacent to an activating group) is 1. The number of anilines is 1. The number of carbonyl (C=O) groups is 2. The van der Waals surface area contributed by atoms with Gasteiger partial charge in [-0.1, -0.05) is 0 Å². The van der Waals surface area contributed by atoms with Crippen molar-refractivity contribution >= 4 is 17.6 Å². The van der Waals surface area contributed by atoms with E-state index < -0.39 is 6.04 Å². The molecular weight excluding hydrogens is 234 g/mol. The number of rotatable bonds is 4. The van der Waals surface area contributed by atoms with Gasteiger partial charge in [0.1, 0.15) is 11.9 Å². The molecule has 1 aromatic heterocycles. The maximum atomic E-state index is 11.6. The Bertz CT molecular complexity index is 430. The van der Waals surface area contributed by atoms with E-state index in [0.29, 0.717) is 5.82 Å². The third-order valence-electron chi connectivity index (χ3n) is 2.30. The van der Waals surface area contributed by atoms with E-state index in [1.165, 1.54) is 11.9 Å². The molecule has 1 rings (SSSR count). The first-order valence-electron chi connectivity index (χ1n) is 5.49. The van der Waals surface area contributed by atoms with Gasteiger partial charge in [0.15, 0.2) is 5.69 Å². The minimum absolute atomic E-state index is 0.0628. The number of hydrogen-bond donors (Lipinski definition) is 2. The average Bonchev–Trinajstić information content (AvgIpc) is 2.37. The van der Waals surface area contributed by atoms with Crippen molar-refractivity contribution in [1.82, 2.24) is 20.4 Å². The van der Waals surface area contributed by atoms with E-state index in [-0.39, 0.29) is 17.5 Å². The van der Waals surface area contributed by atoms with Crippen molar-refractivity contribution < 1.29 is 9.59 Å². The zero-order valence-electron chi connectivity index (χ0n) is 10.9. The first-order chi connectivity index (χ1) is 8.45. The van der Waals surface area contributed by atoms with Crippen LogP contribution in [0, 0.1) is 0 Å². The average molecular weight is 251 g/mol. The van der Waals surface area contributed by atoms with Crippen LogP contribution < -0.4 is 10.6 Å². The number of nitrogens with zero attached hydrogens (tertiary/aromatic N) is 3. The molecule has 0 aliphatic carbocycles. The van der Waals surface area contributed by atoms with Crippen LogP contribution in [0.3, 0.4) is 0 Å². The van der Waals surface area contributed by atoms with E-state index in [0.717, 1.165) is 0 Å². The molecule has 1 atom stereocenters. The fraction of sp³-hybridized carbons (Fsp3) is 0.455. The molecule has 0 aliphatic heterocycles. The van der Waals surface area contributed by atoms with Crippen molar-refractivity contribution in [3.05, 3.63) is 17.8 Å². The topological polar surface area (TPSA) is 87.2 Å². The van der Waals surface area contributed by atoms with E-state index in [1.54, 1.807) is 33.2 Å². The Balaban J connectivity index is 2.69. The van der Waals surface area contributed by atoms with Gasteiger partial charge in [-0.15, -0.1) is 10.2 Å². The van der Waals surface area contributed by atoms with Gasteiger partial charge < -0.3 is 15.5 Å². The summed E-state index contributed by atoms with van der Waals surface area (Å²) < 4.78 is 0. The number of carbonyl (C=O) groups excluding carboxylic acids is 2. The van der Waals surface area contributed by atoms with Crippen LogP contribution in [0.25, 0.3) is 0 Å². The second kappa shape index (κ2) is 5.95. The monoisotopic (exact) mass is 251 g/mol. The molecule has 7 heteroatoms. The van der Waals surface area contributed by atoms with E-state index in [1.807, 2.05) is 0 Å². The fourth-order valence-corrected chi connectivity index (χ4v) is 1.33. The first kappa shape index (κ1) is 13.9. The minimum atomic E-state index is -0.403. The highest BCUT2D eigenvalue weighted by Gasteiger charge is 2.15. The Kier molecular flexibility index (Phi) is 4.59. The van der Waals surface area contributed by atoms with Gasteiger partial charge in [0.05, 0.1) is 0 Å². The molecule has 2 N–H and O–H groups in total. The Labute approximate surface area is 106 Å². The Morgan fingerprint density at radius 2 is 1.94 bits per heavy atom. The predicted octanol–water partition coefficient (Wildman–Crippen LogP) is -0.275. The van der Waals surface area contributed by atoms with Gasteiger partial charge in [-0.3, -0.25) is 9.59 Å². The quantitative estimate of drug-likeness (QED) is 0.769. The van der Waals surface area contributed by atoms with Crippen molar-refractivity contribution in [2.24, 2.45) is 0 Å². The van der Waals surface area contributed by atoms with Gasteiger partial charge in [-0.25, -0.2) is 0 Å². The molecule has 0 radical (unpaired) electrons. The van der Waals surface area contributed by atoms with Crippen LogP contribution in [0.2, 0.25) is 0 Å². The van der Waals surface area contributed by atoms with E-state index in [4.69, 9.17) is 0 Å². The lowest BCUT2D eigenvalue weighted by Crippen LogP contribution is -2.36. The summed E-state index contributed by atoms with van der Waals surface area (Å²) >= 11 is 0. The summed E-state index contributed by atoms with van der Waals surface area (Å²) in [5.74, 6) is 0.0870. The lowest BCUT2D eigenvalue weighted by atomic mass is 10.3. The summed E-state index contributed by atoms with van der Waals surface area (Å²) in [5.41, 5.74) is 0.231. The summed E-state index contributed by atoms with van der Waals surface area (Å²) in [6.07, 6.45) is 0. The van der Waals surface area contributed by atoms with Crippen LogP contribution in [0.15, 0.2) is 12.1 Å². The zero-order valence-corrected chi connectivity index (χ0v) is 10.9. The van der Waals surface area contributed by atoms with Crippen molar-refractivity contribution in [2.75, 3.05) is 26.5 Å². The van der Waals surface area contributed by atoms with Crippen molar-refractivity contribution in [3.63, 3.8) is 0 Å². The number of nitrogens with one attached hydrogen (secondary N) is 2. The van der Waals surface area contributed by atoms with Crippen LogP contribution in [0.1, 0.15) is 17.4 Å². The Morgan fingerprint density at radius 1 is 1.28 bits per heavy atom. The summed E-state index contributed by atoms with van der Waals surface area (Å²) in [4.78, 5) is 24.4. The van der Waals surface area contributed by atoms with E-state index >= 15 is 0 Å². The Hall–Kier alpha value is -2.18. The van der Waals surface area contributed by atoms with Gasteiger partial charge in [0.25, 0.3) is 5.91 Å². The van der Waals surface area contributed by atoms with Crippen LogP contribution >= 0.6 is 0 Å². The summed E-state index contributed by atoms with van der Waals surface area (Å²) in [6, 6.07) is 2.75. The third-order valence-corrected chi connectivity index (χ3v) is 2.30. The zero-order chi connectivity index (χ0) is 13.7. The highest BCUT2D eigenvalue weighted by molar-refractivity contribution is 5.92. The molecule has 0 spiro atoms. The van der Waals surface area contributed by atoms with Crippen LogP contribution in [-0.2, 0) is 4.79 Å². The largest absolute Gasteiger partial charge is 0.357 e. The van der Waals surface area contributed by atoms with Gasteiger partial charge in [0, 0.05) is 21.1 Å².